The Balaban J connectivity index is 1.50. The minimum absolute atomic E-state index is 0.0436. The van der Waals surface area contributed by atoms with Gasteiger partial charge in [-0.15, -0.1) is 11.3 Å². The lowest BCUT2D eigenvalue weighted by atomic mass is 10.0. The highest BCUT2D eigenvalue weighted by Crippen LogP contribution is 2.34. The Morgan fingerprint density at radius 3 is 3.00 bits per heavy atom. The third-order valence-corrected chi connectivity index (χ3v) is 6.18. The van der Waals surface area contributed by atoms with Gasteiger partial charge in [0.1, 0.15) is 18.1 Å². The van der Waals surface area contributed by atoms with Crippen LogP contribution in [-0.2, 0) is 13.0 Å². The molecule has 1 amide bonds. The smallest absolute Gasteiger partial charge is 0.254 e. The van der Waals surface area contributed by atoms with Crippen LogP contribution >= 0.6 is 11.3 Å². The molecule has 2 aromatic heterocycles. The molecular weight excluding hydrogens is 360 g/mol. The second kappa shape index (κ2) is 7.19. The Morgan fingerprint density at radius 1 is 1.37 bits per heavy atom. The van der Waals surface area contributed by atoms with Gasteiger partial charge in [-0.2, -0.15) is 0 Å². The molecule has 0 saturated carbocycles. The van der Waals surface area contributed by atoms with Crippen LogP contribution in [0.25, 0.3) is 0 Å². The van der Waals surface area contributed by atoms with Gasteiger partial charge in [0.15, 0.2) is 0 Å². The Kier molecular flexibility index (Phi) is 4.74. The average Bonchev–Trinajstić information content (AvgIpc) is 3.27. The van der Waals surface area contributed by atoms with E-state index < -0.39 is 0 Å². The van der Waals surface area contributed by atoms with E-state index in [1.807, 2.05) is 43.0 Å². The summed E-state index contributed by atoms with van der Waals surface area (Å²) < 4.78 is 11.1. The number of hydrogen-bond acceptors (Lipinski definition) is 5. The van der Waals surface area contributed by atoms with Gasteiger partial charge in [-0.25, -0.2) is 0 Å². The first kappa shape index (κ1) is 17.8. The van der Waals surface area contributed by atoms with Crippen molar-refractivity contribution in [1.82, 2.24) is 10.1 Å². The first-order valence-corrected chi connectivity index (χ1v) is 9.94. The number of ether oxygens (including phenoxy) is 1. The van der Waals surface area contributed by atoms with E-state index in [1.165, 1.54) is 10.4 Å². The number of thiophene rings is 1. The van der Waals surface area contributed by atoms with E-state index in [0.717, 1.165) is 30.0 Å². The third kappa shape index (κ3) is 3.37. The SMILES string of the molecule is Cc1noc(C)c1COc1cccc(C(=O)N2CCc3sccc3C2C)c1. The van der Waals surface area contributed by atoms with Crippen molar-refractivity contribution in [3.05, 3.63) is 68.7 Å². The molecule has 1 aromatic carbocycles. The highest BCUT2D eigenvalue weighted by Gasteiger charge is 2.29. The number of fused-ring (bicyclic) bond motifs is 1. The zero-order chi connectivity index (χ0) is 19.0. The lowest BCUT2D eigenvalue weighted by Gasteiger charge is -2.33. The maximum absolute atomic E-state index is 13.1. The van der Waals surface area contributed by atoms with E-state index in [1.54, 1.807) is 11.3 Å². The summed E-state index contributed by atoms with van der Waals surface area (Å²) in [4.78, 5) is 16.4. The first-order chi connectivity index (χ1) is 13.0. The van der Waals surface area contributed by atoms with E-state index >= 15 is 0 Å². The van der Waals surface area contributed by atoms with Crippen molar-refractivity contribution in [3.8, 4) is 5.75 Å². The van der Waals surface area contributed by atoms with Gasteiger partial charge in [0.25, 0.3) is 5.91 Å². The molecule has 27 heavy (non-hydrogen) atoms. The van der Waals surface area contributed by atoms with Gasteiger partial charge in [0.2, 0.25) is 0 Å². The number of aryl methyl sites for hydroxylation is 2. The maximum Gasteiger partial charge on any atom is 0.254 e. The van der Waals surface area contributed by atoms with Crippen molar-refractivity contribution >= 4 is 17.2 Å². The molecule has 3 heterocycles. The van der Waals surface area contributed by atoms with Crippen molar-refractivity contribution in [2.75, 3.05) is 6.54 Å². The molecule has 1 aliphatic rings. The van der Waals surface area contributed by atoms with E-state index in [2.05, 4.69) is 23.5 Å². The number of aromatic nitrogens is 1. The van der Waals surface area contributed by atoms with Crippen molar-refractivity contribution in [2.45, 2.75) is 39.8 Å². The highest BCUT2D eigenvalue weighted by atomic mass is 32.1. The van der Waals surface area contributed by atoms with E-state index in [0.29, 0.717) is 17.9 Å². The van der Waals surface area contributed by atoms with Crippen molar-refractivity contribution < 1.29 is 14.1 Å². The molecule has 1 aliphatic heterocycles. The van der Waals surface area contributed by atoms with Crippen LogP contribution in [0.15, 0.2) is 40.2 Å². The summed E-state index contributed by atoms with van der Waals surface area (Å²) in [7, 11) is 0. The van der Waals surface area contributed by atoms with Crippen LogP contribution in [-0.4, -0.2) is 22.5 Å². The van der Waals surface area contributed by atoms with Crippen molar-refractivity contribution in [2.24, 2.45) is 0 Å². The molecule has 0 bridgehead atoms. The number of nitrogens with zero attached hydrogens (tertiary/aromatic N) is 2. The Labute approximate surface area is 162 Å². The fourth-order valence-electron chi connectivity index (χ4n) is 3.54. The summed E-state index contributed by atoms with van der Waals surface area (Å²) in [5.41, 5.74) is 3.69. The standard InChI is InChI=1S/C21H22N2O3S/c1-13-19(15(3)26-22-13)12-25-17-6-4-5-16(11-17)21(24)23-9-7-20-18(14(23)2)8-10-27-20/h4-6,8,10-11,14H,7,9,12H2,1-3H3. The second-order valence-corrected chi connectivity index (χ2v) is 7.84. The second-order valence-electron chi connectivity index (χ2n) is 6.84. The largest absolute Gasteiger partial charge is 0.489 e. The van der Waals surface area contributed by atoms with Gasteiger partial charge >= 0.3 is 0 Å². The average molecular weight is 382 g/mol. The first-order valence-electron chi connectivity index (χ1n) is 9.06. The molecule has 6 heteroatoms. The van der Waals surface area contributed by atoms with Gasteiger partial charge in [-0.1, -0.05) is 11.2 Å². The van der Waals surface area contributed by atoms with Crippen LogP contribution in [0.1, 0.15) is 50.8 Å². The normalized spacial score (nSPS) is 16.3. The summed E-state index contributed by atoms with van der Waals surface area (Å²) in [5.74, 6) is 1.47. The Morgan fingerprint density at radius 2 is 2.22 bits per heavy atom. The summed E-state index contributed by atoms with van der Waals surface area (Å²) in [6.07, 6.45) is 0.922. The fourth-order valence-corrected chi connectivity index (χ4v) is 4.50. The Bertz CT molecular complexity index is 956. The zero-order valence-corrected chi connectivity index (χ0v) is 16.5. The maximum atomic E-state index is 13.1. The number of rotatable bonds is 4. The van der Waals surface area contributed by atoms with Crippen LogP contribution < -0.4 is 4.74 Å². The molecule has 5 nitrogen and oxygen atoms in total. The topological polar surface area (TPSA) is 55.6 Å². The number of carbonyl (C=O) groups excluding carboxylic acids is 1. The van der Waals surface area contributed by atoms with Crippen molar-refractivity contribution in [1.29, 1.82) is 0 Å². The van der Waals surface area contributed by atoms with Crippen LogP contribution in [0.4, 0.5) is 0 Å². The highest BCUT2D eigenvalue weighted by molar-refractivity contribution is 7.10. The molecule has 1 atom stereocenters. The predicted octanol–water partition coefficient (Wildman–Crippen LogP) is 4.69. The molecule has 1 unspecified atom stereocenters. The van der Waals surface area contributed by atoms with Crippen LogP contribution in [0.5, 0.6) is 5.75 Å². The van der Waals surface area contributed by atoms with Crippen molar-refractivity contribution in [3.63, 3.8) is 0 Å². The molecule has 140 valence electrons. The zero-order valence-electron chi connectivity index (χ0n) is 15.7. The molecule has 0 fully saturated rings. The summed E-state index contributed by atoms with van der Waals surface area (Å²) in [6.45, 7) is 6.98. The third-order valence-electron chi connectivity index (χ3n) is 5.18. The fraction of sp³-hybridized carbons (Fsp3) is 0.333. The van der Waals surface area contributed by atoms with Gasteiger partial charge in [-0.3, -0.25) is 4.79 Å². The van der Waals surface area contributed by atoms with E-state index in [-0.39, 0.29) is 11.9 Å². The van der Waals surface area contributed by atoms with E-state index in [4.69, 9.17) is 9.26 Å². The van der Waals surface area contributed by atoms with E-state index in [9.17, 15) is 4.79 Å². The predicted molar refractivity (Wildman–Crippen MR) is 104 cm³/mol. The molecule has 0 spiro atoms. The molecule has 4 rings (SSSR count). The minimum atomic E-state index is 0.0436. The lowest BCUT2D eigenvalue weighted by Crippen LogP contribution is -2.38. The van der Waals surface area contributed by atoms with Gasteiger partial charge in [0, 0.05) is 17.0 Å². The van der Waals surface area contributed by atoms with Crippen LogP contribution in [0, 0.1) is 13.8 Å². The molecule has 0 N–H and O–H groups in total. The molecule has 0 radical (unpaired) electrons. The summed E-state index contributed by atoms with van der Waals surface area (Å²) in [5, 5.41) is 6.05. The van der Waals surface area contributed by atoms with Crippen LogP contribution in [0.2, 0.25) is 0 Å². The molecular formula is C21H22N2O3S. The molecule has 3 aromatic rings. The summed E-state index contributed by atoms with van der Waals surface area (Å²) >= 11 is 1.78. The quantitative estimate of drug-likeness (QED) is 0.657. The minimum Gasteiger partial charge on any atom is -0.489 e. The molecule has 0 saturated heterocycles. The lowest BCUT2D eigenvalue weighted by molar-refractivity contribution is 0.0679. The summed E-state index contributed by atoms with van der Waals surface area (Å²) in [6, 6.07) is 9.62. The number of benzene rings is 1. The monoisotopic (exact) mass is 382 g/mol. The molecule has 0 aliphatic carbocycles. The van der Waals surface area contributed by atoms with Crippen LogP contribution in [0.3, 0.4) is 0 Å². The van der Waals surface area contributed by atoms with Gasteiger partial charge in [0.05, 0.1) is 17.3 Å². The Hall–Kier alpha value is -2.60. The number of carbonyl (C=O) groups is 1. The number of amides is 1. The number of hydrogen-bond donors (Lipinski definition) is 0. The van der Waals surface area contributed by atoms with Gasteiger partial charge in [-0.05, 0) is 62.4 Å². The van der Waals surface area contributed by atoms with Gasteiger partial charge < -0.3 is 14.2 Å².